The minimum atomic E-state index is -0.0814. The van der Waals surface area contributed by atoms with Crippen LogP contribution in [0.2, 0.25) is 0 Å². The van der Waals surface area contributed by atoms with Crippen molar-refractivity contribution < 1.29 is 0 Å². The fourth-order valence-electron chi connectivity index (χ4n) is 1.78. The van der Waals surface area contributed by atoms with Gasteiger partial charge in [0.05, 0.1) is 15.8 Å². The predicted octanol–water partition coefficient (Wildman–Crippen LogP) is 2.96. The van der Waals surface area contributed by atoms with Crippen LogP contribution in [0.15, 0.2) is 40.5 Å². The number of fused-ring (bicyclic) bond motifs is 1. The third-order valence-electron chi connectivity index (χ3n) is 2.62. The number of rotatable bonds is 1. The van der Waals surface area contributed by atoms with E-state index in [9.17, 15) is 4.79 Å². The molecule has 0 aliphatic heterocycles. The predicted molar refractivity (Wildman–Crippen MR) is 70.4 cm³/mol. The van der Waals surface area contributed by atoms with Crippen LogP contribution in [0.4, 0.5) is 0 Å². The molecule has 1 aromatic carbocycles. The Morgan fingerprint density at radius 1 is 1.29 bits per heavy atom. The van der Waals surface area contributed by atoms with Crippen molar-refractivity contribution in [2.24, 2.45) is 0 Å². The van der Waals surface area contributed by atoms with Crippen LogP contribution in [0.5, 0.6) is 0 Å². The van der Waals surface area contributed by atoms with Crippen LogP contribution in [0.25, 0.3) is 21.6 Å². The summed E-state index contributed by atoms with van der Waals surface area (Å²) >= 11 is 1.56. The molecule has 4 heteroatoms. The summed E-state index contributed by atoms with van der Waals surface area (Å²) in [5, 5.41) is 2.61. The van der Waals surface area contributed by atoms with Gasteiger partial charge in [-0.3, -0.25) is 4.79 Å². The minimum absolute atomic E-state index is 0.0814. The first kappa shape index (κ1) is 10.2. The number of aromatic nitrogens is 2. The lowest BCUT2D eigenvalue weighted by atomic mass is 10.2. The molecule has 2 aromatic heterocycles. The van der Waals surface area contributed by atoms with Gasteiger partial charge in [-0.15, -0.1) is 11.3 Å². The van der Waals surface area contributed by atoms with Gasteiger partial charge in [0.15, 0.2) is 5.82 Å². The summed E-state index contributed by atoms with van der Waals surface area (Å²) in [5.41, 5.74) is 1.72. The van der Waals surface area contributed by atoms with E-state index < -0.39 is 0 Å². The van der Waals surface area contributed by atoms with E-state index in [1.165, 1.54) is 0 Å². The van der Waals surface area contributed by atoms with Gasteiger partial charge in [-0.2, -0.15) is 0 Å². The Balaban J connectivity index is 2.32. The van der Waals surface area contributed by atoms with Gasteiger partial charge in [0.2, 0.25) is 0 Å². The molecule has 1 N–H and O–H groups in total. The molecule has 0 amide bonds. The third kappa shape index (κ3) is 1.76. The Bertz CT molecular complexity index is 729. The van der Waals surface area contributed by atoms with Crippen LogP contribution in [0.3, 0.4) is 0 Å². The zero-order chi connectivity index (χ0) is 11.8. The number of nitrogens with one attached hydrogen (secondary N) is 1. The van der Waals surface area contributed by atoms with Crippen molar-refractivity contribution in [3.8, 4) is 10.7 Å². The average Bonchev–Trinajstić information content (AvgIpc) is 2.83. The quantitative estimate of drug-likeness (QED) is 0.713. The van der Waals surface area contributed by atoms with E-state index >= 15 is 0 Å². The van der Waals surface area contributed by atoms with E-state index in [0.717, 1.165) is 16.0 Å². The van der Waals surface area contributed by atoms with Crippen LogP contribution >= 0.6 is 11.3 Å². The van der Waals surface area contributed by atoms with Gasteiger partial charge in [0.1, 0.15) is 0 Å². The second-order valence-corrected chi connectivity index (χ2v) is 4.86. The number of H-pyrrole nitrogens is 1. The summed E-state index contributed by atoms with van der Waals surface area (Å²) in [4.78, 5) is 20.2. The fraction of sp³-hybridized carbons (Fsp3) is 0.0769. The molecule has 3 rings (SSSR count). The van der Waals surface area contributed by atoms with Gasteiger partial charge in [-0.25, -0.2) is 4.98 Å². The Hall–Kier alpha value is -1.94. The molecule has 0 spiro atoms. The molecule has 0 atom stereocenters. The van der Waals surface area contributed by atoms with Crippen LogP contribution in [0, 0.1) is 6.92 Å². The van der Waals surface area contributed by atoms with Crippen LogP contribution in [0.1, 0.15) is 5.56 Å². The van der Waals surface area contributed by atoms with Gasteiger partial charge in [-0.1, -0.05) is 17.7 Å². The van der Waals surface area contributed by atoms with Gasteiger partial charge in [0, 0.05) is 0 Å². The van der Waals surface area contributed by atoms with Gasteiger partial charge in [-0.05, 0) is 30.5 Å². The highest BCUT2D eigenvalue weighted by atomic mass is 32.1. The molecule has 0 saturated heterocycles. The summed E-state index contributed by atoms with van der Waals surface area (Å²) in [6.07, 6.45) is 0. The summed E-state index contributed by atoms with van der Waals surface area (Å²) in [5.74, 6) is 0.640. The lowest BCUT2D eigenvalue weighted by Crippen LogP contribution is -2.09. The normalized spacial score (nSPS) is 10.9. The van der Waals surface area contributed by atoms with Gasteiger partial charge < -0.3 is 4.98 Å². The first-order chi connectivity index (χ1) is 8.24. The second kappa shape index (κ2) is 3.82. The molecule has 0 aliphatic carbocycles. The van der Waals surface area contributed by atoms with Crippen LogP contribution in [-0.2, 0) is 0 Å². The van der Waals surface area contributed by atoms with E-state index in [-0.39, 0.29) is 5.56 Å². The third-order valence-corrected chi connectivity index (χ3v) is 3.49. The summed E-state index contributed by atoms with van der Waals surface area (Å²) < 4.78 is 0. The molecular formula is C13H10N2OS. The first-order valence-corrected chi connectivity index (χ1v) is 6.16. The number of aromatic amines is 1. The number of hydrogen-bond acceptors (Lipinski definition) is 3. The zero-order valence-electron chi connectivity index (χ0n) is 9.23. The number of benzene rings is 1. The molecule has 0 fully saturated rings. The minimum Gasteiger partial charge on any atom is -0.305 e. The SMILES string of the molecule is Cc1ccc2nc(-c3cccs3)[nH]c(=O)c2c1. The smallest absolute Gasteiger partial charge is 0.259 e. The molecule has 17 heavy (non-hydrogen) atoms. The lowest BCUT2D eigenvalue weighted by molar-refractivity contribution is 1.19. The average molecular weight is 242 g/mol. The molecule has 2 heterocycles. The van der Waals surface area contributed by atoms with Crippen molar-refractivity contribution in [2.45, 2.75) is 6.92 Å². The number of hydrogen-bond donors (Lipinski definition) is 1. The van der Waals surface area contributed by atoms with Gasteiger partial charge in [0.25, 0.3) is 5.56 Å². The van der Waals surface area contributed by atoms with Crippen molar-refractivity contribution in [1.82, 2.24) is 9.97 Å². The summed E-state index contributed by atoms with van der Waals surface area (Å²) in [6, 6.07) is 9.60. The van der Waals surface area contributed by atoms with Crippen molar-refractivity contribution in [3.63, 3.8) is 0 Å². The second-order valence-electron chi connectivity index (χ2n) is 3.91. The number of thiophene rings is 1. The highest BCUT2D eigenvalue weighted by Crippen LogP contribution is 2.21. The Labute approximate surface area is 102 Å². The Morgan fingerprint density at radius 3 is 2.94 bits per heavy atom. The number of nitrogens with zero attached hydrogens (tertiary/aromatic N) is 1. The topological polar surface area (TPSA) is 45.8 Å². The van der Waals surface area contributed by atoms with E-state index in [1.54, 1.807) is 11.3 Å². The summed E-state index contributed by atoms with van der Waals surface area (Å²) in [6.45, 7) is 1.96. The van der Waals surface area contributed by atoms with E-state index in [4.69, 9.17) is 0 Å². The van der Waals surface area contributed by atoms with Crippen molar-refractivity contribution in [3.05, 3.63) is 51.6 Å². The largest absolute Gasteiger partial charge is 0.305 e. The monoisotopic (exact) mass is 242 g/mol. The maximum atomic E-state index is 12.0. The maximum absolute atomic E-state index is 12.0. The molecule has 0 aliphatic rings. The van der Waals surface area contributed by atoms with E-state index in [0.29, 0.717) is 11.2 Å². The fourth-order valence-corrected chi connectivity index (χ4v) is 2.45. The standard InChI is InChI=1S/C13H10N2OS/c1-8-4-5-10-9(7-8)13(16)15-12(14-10)11-3-2-6-17-11/h2-7H,1H3,(H,14,15,16). The zero-order valence-corrected chi connectivity index (χ0v) is 10.0. The summed E-state index contributed by atoms with van der Waals surface area (Å²) in [7, 11) is 0. The van der Waals surface area contributed by atoms with Crippen molar-refractivity contribution in [2.75, 3.05) is 0 Å². The van der Waals surface area contributed by atoms with E-state index in [1.807, 2.05) is 42.6 Å². The van der Waals surface area contributed by atoms with Crippen LogP contribution in [-0.4, -0.2) is 9.97 Å². The van der Waals surface area contributed by atoms with Gasteiger partial charge >= 0.3 is 0 Å². The maximum Gasteiger partial charge on any atom is 0.259 e. The highest BCUT2D eigenvalue weighted by molar-refractivity contribution is 7.13. The Morgan fingerprint density at radius 2 is 2.18 bits per heavy atom. The van der Waals surface area contributed by atoms with Crippen molar-refractivity contribution in [1.29, 1.82) is 0 Å². The molecule has 3 aromatic rings. The molecule has 0 bridgehead atoms. The molecule has 0 radical (unpaired) electrons. The Kier molecular flexibility index (Phi) is 2.30. The van der Waals surface area contributed by atoms with E-state index in [2.05, 4.69) is 9.97 Å². The molecular weight excluding hydrogens is 232 g/mol. The highest BCUT2D eigenvalue weighted by Gasteiger charge is 2.06. The first-order valence-electron chi connectivity index (χ1n) is 5.28. The lowest BCUT2D eigenvalue weighted by Gasteiger charge is -2.01. The van der Waals surface area contributed by atoms with Crippen LogP contribution < -0.4 is 5.56 Å². The molecule has 0 unspecified atom stereocenters. The number of aryl methyl sites for hydroxylation is 1. The van der Waals surface area contributed by atoms with Crippen molar-refractivity contribution >= 4 is 22.2 Å². The molecule has 84 valence electrons. The molecule has 0 saturated carbocycles. The molecule has 3 nitrogen and oxygen atoms in total.